The summed E-state index contributed by atoms with van der Waals surface area (Å²) < 4.78 is 0. The second-order valence-electron chi connectivity index (χ2n) is 4.49. The first-order valence-electron chi connectivity index (χ1n) is 5.77. The van der Waals surface area contributed by atoms with Crippen molar-refractivity contribution in [3.63, 3.8) is 0 Å². The van der Waals surface area contributed by atoms with Crippen molar-refractivity contribution in [1.82, 2.24) is 0 Å². The molecule has 0 spiro atoms. The van der Waals surface area contributed by atoms with E-state index in [9.17, 15) is 34.5 Å². The summed E-state index contributed by atoms with van der Waals surface area (Å²) >= 11 is 0. The van der Waals surface area contributed by atoms with Gasteiger partial charge < -0.3 is 20.4 Å². The number of halogens is 1. The van der Waals surface area contributed by atoms with Gasteiger partial charge in [0.15, 0.2) is 22.8 Å². The van der Waals surface area contributed by atoms with Crippen molar-refractivity contribution in [1.29, 1.82) is 0 Å². The number of rotatable bonds is 8. The van der Waals surface area contributed by atoms with Crippen LogP contribution in [0.4, 0.5) is 0 Å². The van der Waals surface area contributed by atoms with Crippen molar-refractivity contribution in [2.24, 2.45) is 5.41 Å². The van der Waals surface area contributed by atoms with E-state index in [-0.39, 0.29) is 17.0 Å². The lowest BCUT2D eigenvalue weighted by atomic mass is 9.68. The molecule has 0 aliphatic carbocycles. The zero-order valence-electron chi connectivity index (χ0n) is 11.8. The lowest BCUT2D eigenvalue weighted by Gasteiger charge is -2.35. The van der Waals surface area contributed by atoms with E-state index in [1.54, 1.807) is 0 Å². The highest BCUT2D eigenvalue weighted by atomic mass is 79.9. The van der Waals surface area contributed by atoms with Gasteiger partial charge >= 0.3 is 0 Å². The quantitative estimate of drug-likeness (QED) is 0.282. The summed E-state index contributed by atoms with van der Waals surface area (Å²) in [4.78, 5) is 46.5. The third kappa shape index (κ3) is 4.01. The Morgan fingerprint density at radius 3 is 1.57 bits per heavy atom. The zero-order chi connectivity index (χ0) is 16.2. The maximum absolute atomic E-state index is 11.9. The van der Waals surface area contributed by atoms with Crippen LogP contribution in [0.1, 0.15) is 20.8 Å². The number of hydrogen-bond donors (Lipinski definition) is 4. The van der Waals surface area contributed by atoms with Gasteiger partial charge in [-0.25, -0.2) is 0 Å². The third-order valence-corrected chi connectivity index (χ3v) is 3.14. The monoisotopic (exact) mass is 370 g/mol. The van der Waals surface area contributed by atoms with Gasteiger partial charge in [-0.2, -0.15) is 0 Å². The SMILES string of the molecule is Br.CC(=O)C(=O)C(C(C)=O)(C(C)=O)[C@@H](O)[C@H](O)[C@H](O)CO. The van der Waals surface area contributed by atoms with Crippen molar-refractivity contribution >= 4 is 40.1 Å². The molecule has 122 valence electrons. The molecule has 0 aromatic rings. The summed E-state index contributed by atoms with van der Waals surface area (Å²) in [7, 11) is 0. The number of carbonyl (C=O) groups excluding carboxylic acids is 4. The Morgan fingerprint density at radius 2 is 1.33 bits per heavy atom. The lowest BCUT2D eigenvalue weighted by molar-refractivity contribution is -0.170. The van der Waals surface area contributed by atoms with Crippen LogP contribution < -0.4 is 0 Å². The Kier molecular flexibility index (Phi) is 8.96. The maximum Gasteiger partial charge on any atom is 0.221 e. The van der Waals surface area contributed by atoms with Crippen LogP contribution in [-0.4, -0.2) is 68.5 Å². The van der Waals surface area contributed by atoms with E-state index < -0.39 is 53.5 Å². The Labute approximate surface area is 131 Å². The minimum atomic E-state index is -2.79. The molecule has 0 radical (unpaired) electrons. The van der Waals surface area contributed by atoms with E-state index in [4.69, 9.17) is 5.11 Å². The van der Waals surface area contributed by atoms with Gasteiger partial charge in [0.1, 0.15) is 18.3 Å². The summed E-state index contributed by atoms with van der Waals surface area (Å²) in [5.41, 5.74) is -2.79. The van der Waals surface area contributed by atoms with E-state index in [2.05, 4.69) is 0 Å². The van der Waals surface area contributed by atoms with Gasteiger partial charge in [0, 0.05) is 6.92 Å². The molecule has 0 saturated carbocycles. The second kappa shape index (κ2) is 8.44. The Bertz CT molecular complexity index is 419. The molecule has 0 amide bonds. The van der Waals surface area contributed by atoms with Crippen molar-refractivity contribution < 1.29 is 39.6 Å². The number of ketones is 4. The highest BCUT2D eigenvalue weighted by molar-refractivity contribution is 8.93. The zero-order valence-corrected chi connectivity index (χ0v) is 13.5. The molecular formula is C12H19BrO8. The molecule has 3 atom stereocenters. The molecule has 0 unspecified atom stereocenters. The Balaban J connectivity index is 0. The average Bonchev–Trinajstić information content (AvgIpc) is 2.36. The molecule has 0 aromatic heterocycles. The fraction of sp³-hybridized carbons (Fsp3) is 0.667. The van der Waals surface area contributed by atoms with Crippen molar-refractivity contribution in [3.05, 3.63) is 0 Å². The first kappa shape index (κ1) is 22.3. The van der Waals surface area contributed by atoms with Crippen LogP contribution in [0.3, 0.4) is 0 Å². The van der Waals surface area contributed by atoms with Crippen LogP contribution >= 0.6 is 17.0 Å². The molecule has 0 heterocycles. The lowest BCUT2D eigenvalue weighted by Crippen LogP contribution is -2.61. The molecule has 8 nitrogen and oxygen atoms in total. The molecular weight excluding hydrogens is 352 g/mol. The predicted octanol–water partition coefficient (Wildman–Crippen LogP) is -2.04. The number of aliphatic hydroxyl groups excluding tert-OH is 4. The van der Waals surface area contributed by atoms with Crippen LogP contribution in [-0.2, 0) is 19.2 Å². The highest BCUT2D eigenvalue weighted by Crippen LogP contribution is 2.30. The molecule has 0 saturated heterocycles. The van der Waals surface area contributed by atoms with Gasteiger partial charge in [-0.3, -0.25) is 19.2 Å². The van der Waals surface area contributed by atoms with E-state index in [0.29, 0.717) is 0 Å². The number of hydrogen-bond acceptors (Lipinski definition) is 8. The largest absolute Gasteiger partial charge is 0.394 e. The van der Waals surface area contributed by atoms with E-state index in [0.717, 1.165) is 20.8 Å². The van der Waals surface area contributed by atoms with E-state index in [1.807, 2.05) is 0 Å². The molecule has 9 heteroatoms. The minimum absolute atomic E-state index is 0. The van der Waals surface area contributed by atoms with Crippen LogP contribution in [0.25, 0.3) is 0 Å². The van der Waals surface area contributed by atoms with Gasteiger partial charge in [0.25, 0.3) is 0 Å². The van der Waals surface area contributed by atoms with E-state index in [1.165, 1.54) is 0 Å². The normalized spacial score (nSPS) is 15.4. The van der Waals surface area contributed by atoms with Gasteiger partial charge in [-0.15, -0.1) is 17.0 Å². The maximum atomic E-state index is 11.9. The Morgan fingerprint density at radius 1 is 0.952 bits per heavy atom. The summed E-state index contributed by atoms with van der Waals surface area (Å²) in [6.45, 7) is 1.45. The Hall–Kier alpha value is -1.00. The molecule has 0 bridgehead atoms. The summed E-state index contributed by atoms with van der Waals surface area (Å²) in [5.74, 6) is -4.90. The number of Topliss-reactive ketones (excluding diaryl/α,β-unsaturated/α-hetero) is 4. The van der Waals surface area contributed by atoms with Crippen molar-refractivity contribution in [2.75, 3.05) is 6.61 Å². The standard InChI is InChI=1S/C12H18O8.BrH/c1-5(14)10(19)12(6(2)15,7(3)16)11(20)9(18)8(17)4-13;/h8-9,11,13,17-18,20H,4H2,1-3H3;1H/t8-,9-,11+;/m1./s1. The van der Waals surface area contributed by atoms with Gasteiger partial charge in [-0.1, -0.05) is 0 Å². The predicted molar refractivity (Wildman–Crippen MR) is 74.9 cm³/mol. The van der Waals surface area contributed by atoms with Crippen molar-refractivity contribution in [2.45, 2.75) is 39.1 Å². The fourth-order valence-electron chi connectivity index (χ4n) is 1.97. The third-order valence-electron chi connectivity index (χ3n) is 3.14. The fourth-order valence-corrected chi connectivity index (χ4v) is 1.97. The van der Waals surface area contributed by atoms with Crippen LogP contribution in [0.15, 0.2) is 0 Å². The van der Waals surface area contributed by atoms with E-state index >= 15 is 0 Å². The molecule has 0 rings (SSSR count). The molecule has 4 N–H and O–H groups in total. The molecule has 0 aromatic carbocycles. The second-order valence-corrected chi connectivity index (χ2v) is 4.49. The minimum Gasteiger partial charge on any atom is -0.394 e. The topological polar surface area (TPSA) is 149 Å². The smallest absolute Gasteiger partial charge is 0.221 e. The number of aliphatic hydroxyl groups is 4. The molecule has 0 aliphatic rings. The van der Waals surface area contributed by atoms with Crippen molar-refractivity contribution in [3.8, 4) is 0 Å². The molecule has 21 heavy (non-hydrogen) atoms. The molecule has 0 fully saturated rings. The first-order chi connectivity index (χ1) is 9.04. The average molecular weight is 371 g/mol. The summed E-state index contributed by atoms with van der Waals surface area (Å²) in [6, 6.07) is 0. The number of carbonyl (C=O) groups is 4. The van der Waals surface area contributed by atoms with Crippen LogP contribution in [0, 0.1) is 5.41 Å². The van der Waals surface area contributed by atoms with Gasteiger partial charge in [0.05, 0.1) is 6.61 Å². The van der Waals surface area contributed by atoms with Crippen LogP contribution in [0.5, 0.6) is 0 Å². The molecule has 0 aliphatic heterocycles. The van der Waals surface area contributed by atoms with Gasteiger partial charge in [0.2, 0.25) is 5.78 Å². The highest BCUT2D eigenvalue weighted by Gasteiger charge is 2.58. The summed E-state index contributed by atoms with van der Waals surface area (Å²) in [6.07, 6.45) is -6.39. The summed E-state index contributed by atoms with van der Waals surface area (Å²) in [5, 5.41) is 37.5. The first-order valence-corrected chi connectivity index (χ1v) is 5.77. The van der Waals surface area contributed by atoms with Crippen LogP contribution in [0.2, 0.25) is 0 Å². The van der Waals surface area contributed by atoms with Gasteiger partial charge in [-0.05, 0) is 13.8 Å².